The highest BCUT2D eigenvalue weighted by Crippen LogP contribution is 2.39. The number of allylic oxidation sites excluding steroid dienone is 2. The quantitative estimate of drug-likeness (QED) is 0.561. The molecule has 0 spiro atoms. The minimum Gasteiger partial charge on any atom is -0.411 e. The van der Waals surface area contributed by atoms with Crippen molar-refractivity contribution in [3.8, 4) is 0 Å². The molecule has 1 aliphatic rings. The highest BCUT2D eigenvalue weighted by atomic mass is 16.4. The second kappa shape index (κ2) is 4.35. The van der Waals surface area contributed by atoms with Crippen molar-refractivity contribution >= 4 is 5.71 Å². The van der Waals surface area contributed by atoms with E-state index in [-0.39, 0.29) is 5.41 Å². The summed E-state index contributed by atoms with van der Waals surface area (Å²) in [6.07, 6.45) is 3.09. The first kappa shape index (κ1) is 12.2. The molecule has 0 aromatic rings. The van der Waals surface area contributed by atoms with Crippen molar-refractivity contribution in [2.45, 2.75) is 27.2 Å². The van der Waals surface area contributed by atoms with Gasteiger partial charge >= 0.3 is 0 Å². The molecule has 0 aliphatic heterocycles. The van der Waals surface area contributed by atoms with Gasteiger partial charge in [-0.3, -0.25) is 0 Å². The fourth-order valence-electron chi connectivity index (χ4n) is 2.45. The Bertz CT molecular complexity index is 290. The van der Waals surface area contributed by atoms with Gasteiger partial charge in [0.25, 0.3) is 0 Å². The maximum Gasteiger partial charge on any atom is 0.0844 e. The highest BCUT2D eigenvalue weighted by Gasteiger charge is 2.36. The predicted octanol–water partition coefficient (Wildman–Crippen LogP) is 2.37. The van der Waals surface area contributed by atoms with Gasteiger partial charge in [0.2, 0.25) is 0 Å². The molecule has 3 heteroatoms. The van der Waals surface area contributed by atoms with E-state index in [1.807, 2.05) is 6.08 Å². The van der Waals surface area contributed by atoms with Gasteiger partial charge in [-0.15, -0.1) is 0 Å². The minimum absolute atomic E-state index is 0.171. The van der Waals surface area contributed by atoms with E-state index in [1.165, 1.54) is 5.57 Å². The lowest BCUT2D eigenvalue weighted by atomic mass is 9.68. The van der Waals surface area contributed by atoms with Gasteiger partial charge in [-0.05, 0) is 38.9 Å². The van der Waals surface area contributed by atoms with E-state index in [2.05, 4.69) is 44.9 Å². The van der Waals surface area contributed by atoms with E-state index in [0.29, 0.717) is 5.92 Å². The fourth-order valence-corrected chi connectivity index (χ4v) is 2.45. The van der Waals surface area contributed by atoms with Crippen molar-refractivity contribution in [2.24, 2.45) is 16.5 Å². The Hall–Kier alpha value is -0.830. The monoisotopic (exact) mass is 210 g/mol. The normalized spacial score (nSPS) is 28.3. The predicted molar refractivity (Wildman–Crippen MR) is 63.4 cm³/mol. The molecule has 86 valence electrons. The van der Waals surface area contributed by atoms with Gasteiger partial charge in [0.15, 0.2) is 0 Å². The zero-order valence-corrected chi connectivity index (χ0v) is 10.4. The largest absolute Gasteiger partial charge is 0.411 e. The first-order valence-corrected chi connectivity index (χ1v) is 5.40. The van der Waals surface area contributed by atoms with E-state index >= 15 is 0 Å². The average Bonchev–Trinajstić information content (AvgIpc) is 2.07. The van der Waals surface area contributed by atoms with Crippen LogP contribution in [0, 0.1) is 11.3 Å². The maximum atomic E-state index is 9.05. The van der Waals surface area contributed by atoms with Crippen molar-refractivity contribution in [3.05, 3.63) is 11.6 Å². The minimum atomic E-state index is 0.171. The summed E-state index contributed by atoms with van der Waals surface area (Å²) in [6.45, 7) is 7.50. The third-order valence-corrected chi connectivity index (χ3v) is 3.09. The molecular weight excluding hydrogens is 188 g/mol. The highest BCUT2D eigenvalue weighted by molar-refractivity contribution is 5.98. The third-order valence-electron chi connectivity index (χ3n) is 3.09. The summed E-state index contributed by atoms with van der Waals surface area (Å²) in [5.74, 6) is 0.307. The van der Waals surface area contributed by atoms with Crippen LogP contribution in [0.5, 0.6) is 0 Å². The van der Waals surface area contributed by atoms with Crippen LogP contribution in [-0.2, 0) is 0 Å². The maximum absolute atomic E-state index is 9.05. The molecule has 0 radical (unpaired) electrons. The lowest BCUT2D eigenvalue weighted by molar-refractivity contribution is 0.207. The Morgan fingerprint density at radius 3 is 2.60 bits per heavy atom. The molecule has 0 heterocycles. The molecule has 0 saturated heterocycles. The molecular formula is C12H22N2O. The number of oxime groups is 1. The molecule has 0 aromatic heterocycles. The van der Waals surface area contributed by atoms with E-state index < -0.39 is 0 Å². The van der Waals surface area contributed by atoms with Crippen molar-refractivity contribution in [1.29, 1.82) is 0 Å². The summed E-state index contributed by atoms with van der Waals surface area (Å²) in [6, 6.07) is 0. The van der Waals surface area contributed by atoms with Crippen molar-refractivity contribution in [1.82, 2.24) is 4.90 Å². The topological polar surface area (TPSA) is 35.8 Å². The van der Waals surface area contributed by atoms with E-state index in [0.717, 1.165) is 18.7 Å². The lowest BCUT2D eigenvalue weighted by Gasteiger charge is -2.39. The third kappa shape index (κ3) is 2.81. The molecule has 1 atom stereocenters. The Labute approximate surface area is 92.5 Å². The molecule has 15 heavy (non-hydrogen) atoms. The van der Waals surface area contributed by atoms with Crippen LogP contribution in [0.3, 0.4) is 0 Å². The zero-order valence-electron chi connectivity index (χ0n) is 10.4. The van der Waals surface area contributed by atoms with Crippen LogP contribution >= 0.6 is 0 Å². The first-order chi connectivity index (χ1) is 6.86. The molecule has 1 N–H and O–H groups in total. The molecule has 0 saturated carbocycles. The molecule has 1 aliphatic carbocycles. The summed E-state index contributed by atoms with van der Waals surface area (Å²) >= 11 is 0. The number of hydrogen-bond donors (Lipinski definition) is 1. The first-order valence-electron chi connectivity index (χ1n) is 5.40. The smallest absolute Gasteiger partial charge is 0.0844 e. The van der Waals surface area contributed by atoms with Crippen LogP contribution in [0.2, 0.25) is 0 Å². The summed E-state index contributed by atoms with van der Waals surface area (Å²) in [4.78, 5) is 2.14. The molecule has 0 aromatic carbocycles. The summed E-state index contributed by atoms with van der Waals surface area (Å²) < 4.78 is 0. The Kier molecular flexibility index (Phi) is 3.55. The Morgan fingerprint density at radius 1 is 1.53 bits per heavy atom. The van der Waals surface area contributed by atoms with Crippen molar-refractivity contribution in [3.63, 3.8) is 0 Å². The lowest BCUT2D eigenvalue weighted by Crippen LogP contribution is -2.40. The number of rotatable bonds is 2. The second-order valence-corrected chi connectivity index (χ2v) is 5.50. The van der Waals surface area contributed by atoms with Gasteiger partial charge < -0.3 is 10.1 Å². The van der Waals surface area contributed by atoms with Crippen LogP contribution in [0.25, 0.3) is 0 Å². The van der Waals surface area contributed by atoms with Crippen molar-refractivity contribution < 1.29 is 5.21 Å². The Morgan fingerprint density at radius 2 is 2.13 bits per heavy atom. The van der Waals surface area contributed by atoms with E-state index in [1.54, 1.807) is 0 Å². The summed E-state index contributed by atoms with van der Waals surface area (Å²) in [5, 5.41) is 12.5. The standard InChI is InChI=1S/C12H22N2O/c1-9-6-11(13-15)10(8-14(4)5)12(2,3)7-9/h6,10,15H,7-8H2,1-5H3/b13-11+. The van der Waals surface area contributed by atoms with Crippen LogP contribution in [0.1, 0.15) is 27.2 Å². The molecule has 0 amide bonds. The SMILES string of the molecule is CC1=C/C(=N\O)C(CN(C)C)C(C)(C)C1. The summed E-state index contributed by atoms with van der Waals surface area (Å²) in [7, 11) is 4.10. The van der Waals surface area contributed by atoms with Crippen LogP contribution in [0.4, 0.5) is 0 Å². The van der Waals surface area contributed by atoms with E-state index in [9.17, 15) is 0 Å². The van der Waals surface area contributed by atoms with Crippen LogP contribution < -0.4 is 0 Å². The van der Waals surface area contributed by atoms with Gasteiger partial charge in [0.05, 0.1) is 5.71 Å². The second-order valence-electron chi connectivity index (χ2n) is 5.50. The molecule has 0 fully saturated rings. The average molecular weight is 210 g/mol. The molecule has 3 nitrogen and oxygen atoms in total. The number of nitrogens with zero attached hydrogens (tertiary/aromatic N) is 2. The van der Waals surface area contributed by atoms with Crippen LogP contribution in [-0.4, -0.2) is 36.5 Å². The van der Waals surface area contributed by atoms with E-state index in [4.69, 9.17) is 5.21 Å². The fraction of sp³-hybridized carbons (Fsp3) is 0.750. The van der Waals surface area contributed by atoms with Crippen molar-refractivity contribution in [2.75, 3.05) is 20.6 Å². The van der Waals surface area contributed by atoms with Gasteiger partial charge in [-0.25, -0.2) is 0 Å². The van der Waals surface area contributed by atoms with Crippen LogP contribution in [0.15, 0.2) is 16.8 Å². The van der Waals surface area contributed by atoms with Gasteiger partial charge in [0.1, 0.15) is 0 Å². The molecule has 1 unspecified atom stereocenters. The number of hydrogen-bond acceptors (Lipinski definition) is 3. The van der Waals surface area contributed by atoms with Gasteiger partial charge in [-0.1, -0.05) is 24.6 Å². The van der Waals surface area contributed by atoms with Gasteiger partial charge in [-0.2, -0.15) is 0 Å². The zero-order chi connectivity index (χ0) is 11.6. The molecule has 1 rings (SSSR count). The Balaban J connectivity index is 2.98. The van der Waals surface area contributed by atoms with Gasteiger partial charge in [0, 0.05) is 12.5 Å². The molecule has 0 bridgehead atoms. The summed E-state index contributed by atoms with van der Waals surface area (Å²) in [5.41, 5.74) is 2.28.